The number of carbonyl (C=O) groups is 2. The van der Waals surface area contributed by atoms with Crippen molar-refractivity contribution < 1.29 is 24.5 Å². The predicted molar refractivity (Wildman–Crippen MR) is 128 cm³/mol. The lowest BCUT2D eigenvalue weighted by atomic mass is 9.95. The van der Waals surface area contributed by atoms with Crippen molar-refractivity contribution in [3.8, 4) is 11.5 Å². The second-order valence-corrected chi connectivity index (χ2v) is 8.81. The molecule has 5 rings (SSSR count). The van der Waals surface area contributed by atoms with Crippen LogP contribution in [-0.4, -0.2) is 39.0 Å². The largest absolute Gasteiger partial charge is 0.507 e. The third kappa shape index (κ3) is 3.46. The first kappa shape index (κ1) is 21.6. The number of fused-ring (bicyclic) bond motifs is 1. The molecule has 2 aromatic carbocycles. The van der Waals surface area contributed by atoms with E-state index in [0.29, 0.717) is 21.8 Å². The number of benzene rings is 2. The number of phenols is 1. The highest BCUT2D eigenvalue weighted by Gasteiger charge is 2.48. The lowest BCUT2D eigenvalue weighted by Gasteiger charge is -2.23. The number of aliphatic hydroxyl groups excluding tert-OH is 1. The molecule has 170 valence electrons. The number of aliphatic hydroxyl groups is 1. The minimum Gasteiger partial charge on any atom is -0.507 e. The number of aryl methyl sites for hydroxylation is 1. The zero-order valence-corrected chi connectivity index (χ0v) is 19.0. The number of aromatic hydroxyl groups is 1. The maximum atomic E-state index is 13.3. The van der Waals surface area contributed by atoms with Crippen LogP contribution in [-0.2, 0) is 9.59 Å². The lowest BCUT2D eigenvalue weighted by Crippen LogP contribution is -2.29. The Labute approximate surface area is 198 Å². The summed E-state index contributed by atoms with van der Waals surface area (Å²) in [4.78, 5) is 36.4. The number of anilines is 1. The van der Waals surface area contributed by atoms with Crippen LogP contribution in [0.2, 0.25) is 0 Å². The average Bonchev–Trinajstić information content (AvgIpc) is 3.37. The number of phenolic OH excluding ortho intramolecular Hbond substituents is 1. The van der Waals surface area contributed by atoms with Crippen LogP contribution >= 0.6 is 11.3 Å². The SMILES string of the molecule is COc1cc(C2/C(=C(\O)c3ccncc3)C(=O)C(=O)N2c2nc3ccc(C)cc3s2)ccc1O. The Kier molecular flexibility index (Phi) is 5.25. The third-order valence-corrected chi connectivity index (χ3v) is 6.67. The van der Waals surface area contributed by atoms with Gasteiger partial charge in [-0.3, -0.25) is 19.5 Å². The summed E-state index contributed by atoms with van der Waals surface area (Å²) in [7, 11) is 1.41. The van der Waals surface area contributed by atoms with Crippen molar-refractivity contribution in [3.63, 3.8) is 0 Å². The molecule has 1 atom stereocenters. The predicted octanol–water partition coefficient (Wildman–Crippen LogP) is 4.34. The van der Waals surface area contributed by atoms with Crippen LogP contribution in [0.1, 0.15) is 22.7 Å². The Bertz CT molecular complexity index is 1480. The normalized spacial score (nSPS) is 17.5. The van der Waals surface area contributed by atoms with Gasteiger partial charge in [-0.25, -0.2) is 4.98 Å². The zero-order valence-electron chi connectivity index (χ0n) is 18.2. The van der Waals surface area contributed by atoms with Crippen molar-refractivity contribution in [2.45, 2.75) is 13.0 Å². The van der Waals surface area contributed by atoms with E-state index in [1.54, 1.807) is 18.2 Å². The summed E-state index contributed by atoms with van der Waals surface area (Å²) in [6, 6.07) is 12.4. The minimum atomic E-state index is -0.982. The Morgan fingerprint density at radius 2 is 1.85 bits per heavy atom. The number of pyridine rings is 1. The average molecular weight is 474 g/mol. The fourth-order valence-electron chi connectivity index (χ4n) is 4.00. The molecule has 0 aliphatic carbocycles. The first-order chi connectivity index (χ1) is 16.4. The highest BCUT2D eigenvalue weighted by molar-refractivity contribution is 7.22. The summed E-state index contributed by atoms with van der Waals surface area (Å²) in [5.41, 5.74) is 2.48. The molecule has 1 aliphatic heterocycles. The van der Waals surface area contributed by atoms with E-state index in [2.05, 4.69) is 9.97 Å². The molecule has 1 fully saturated rings. The molecule has 1 unspecified atom stereocenters. The van der Waals surface area contributed by atoms with Gasteiger partial charge in [0, 0.05) is 18.0 Å². The molecule has 2 N–H and O–H groups in total. The number of nitrogens with zero attached hydrogens (tertiary/aromatic N) is 3. The highest BCUT2D eigenvalue weighted by atomic mass is 32.1. The van der Waals surface area contributed by atoms with Crippen LogP contribution in [0.4, 0.5) is 5.13 Å². The smallest absolute Gasteiger partial charge is 0.301 e. The molecule has 1 amide bonds. The number of methoxy groups -OCH3 is 1. The second-order valence-electron chi connectivity index (χ2n) is 7.80. The first-order valence-electron chi connectivity index (χ1n) is 10.3. The fraction of sp³-hybridized carbons (Fsp3) is 0.120. The fourth-order valence-corrected chi connectivity index (χ4v) is 5.09. The number of Topliss-reactive ketones (excluding diaryl/α,β-unsaturated/α-hetero) is 1. The van der Waals surface area contributed by atoms with E-state index in [0.717, 1.165) is 10.3 Å². The van der Waals surface area contributed by atoms with E-state index in [-0.39, 0.29) is 22.8 Å². The molecule has 34 heavy (non-hydrogen) atoms. The number of ether oxygens (including phenoxy) is 1. The molecule has 8 nitrogen and oxygen atoms in total. The lowest BCUT2D eigenvalue weighted by molar-refractivity contribution is -0.132. The van der Waals surface area contributed by atoms with Crippen LogP contribution in [0, 0.1) is 6.92 Å². The summed E-state index contributed by atoms with van der Waals surface area (Å²) in [6.45, 7) is 1.96. The first-order valence-corrected chi connectivity index (χ1v) is 11.2. The van der Waals surface area contributed by atoms with Gasteiger partial charge < -0.3 is 14.9 Å². The number of aromatic nitrogens is 2. The molecule has 3 heterocycles. The van der Waals surface area contributed by atoms with Crippen LogP contribution in [0.25, 0.3) is 16.0 Å². The monoisotopic (exact) mass is 473 g/mol. The topological polar surface area (TPSA) is 113 Å². The zero-order chi connectivity index (χ0) is 24.0. The molecule has 0 bridgehead atoms. The van der Waals surface area contributed by atoms with Gasteiger partial charge in [0.1, 0.15) is 5.76 Å². The molecular formula is C25H19N3O5S. The Hall–Kier alpha value is -4.24. The van der Waals surface area contributed by atoms with Crippen molar-refractivity contribution in [1.29, 1.82) is 0 Å². The maximum Gasteiger partial charge on any atom is 0.301 e. The number of ketones is 1. The van der Waals surface area contributed by atoms with Gasteiger partial charge in [0.05, 0.1) is 28.9 Å². The van der Waals surface area contributed by atoms with E-state index < -0.39 is 17.7 Å². The molecule has 9 heteroatoms. The van der Waals surface area contributed by atoms with E-state index in [1.807, 2.05) is 25.1 Å². The summed E-state index contributed by atoms with van der Waals surface area (Å²) in [5, 5.41) is 21.5. The molecule has 1 saturated heterocycles. The molecule has 2 aromatic heterocycles. The van der Waals surface area contributed by atoms with E-state index in [1.165, 1.54) is 47.9 Å². The highest BCUT2D eigenvalue weighted by Crippen LogP contribution is 2.45. The molecule has 4 aromatic rings. The summed E-state index contributed by atoms with van der Waals surface area (Å²) < 4.78 is 6.11. The Morgan fingerprint density at radius 1 is 1.09 bits per heavy atom. The quantitative estimate of drug-likeness (QED) is 0.258. The van der Waals surface area contributed by atoms with Gasteiger partial charge in [0.25, 0.3) is 5.78 Å². The molecular weight excluding hydrogens is 454 g/mol. The molecule has 1 aliphatic rings. The maximum absolute atomic E-state index is 13.3. The number of carbonyl (C=O) groups excluding carboxylic acids is 2. The van der Waals surface area contributed by atoms with Crippen molar-refractivity contribution in [2.75, 3.05) is 12.0 Å². The van der Waals surface area contributed by atoms with E-state index in [9.17, 15) is 19.8 Å². The van der Waals surface area contributed by atoms with Crippen LogP contribution < -0.4 is 9.64 Å². The number of hydrogen-bond donors (Lipinski definition) is 2. The van der Waals surface area contributed by atoms with Crippen molar-refractivity contribution >= 4 is 44.1 Å². The van der Waals surface area contributed by atoms with Gasteiger partial charge in [-0.05, 0) is 54.4 Å². The van der Waals surface area contributed by atoms with Crippen molar-refractivity contribution in [1.82, 2.24) is 9.97 Å². The molecule has 0 spiro atoms. The number of hydrogen-bond acceptors (Lipinski definition) is 8. The van der Waals surface area contributed by atoms with Crippen LogP contribution in [0.3, 0.4) is 0 Å². The Balaban J connectivity index is 1.75. The third-order valence-electron chi connectivity index (χ3n) is 5.66. The van der Waals surface area contributed by atoms with Crippen LogP contribution in [0.15, 0.2) is 66.5 Å². The van der Waals surface area contributed by atoms with Crippen molar-refractivity contribution in [2.24, 2.45) is 0 Å². The van der Waals surface area contributed by atoms with Gasteiger partial charge in [0.2, 0.25) is 0 Å². The van der Waals surface area contributed by atoms with E-state index in [4.69, 9.17) is 4.74 Å². The van der Waals surface area contributed by atoms with Gasteiger partial charge in [0.15, 0.2) is 16.6 Å². The van der Waals surface area contributed by atoms with Gasteiger partial charge in [-0.2, -0.15) is 0 Å². The second kappa shape index (κ2) is 8.27. The minimum absolute atomic E-state index is 0.0839. The van der Waals surface area contributed by atoms with E-state index >= 15 is 0 Å². The van der Waals surface area contributed by atoms with Gasteiger partial charge in [-0.15, -0.1) is 0 Å². The van der Waals surface area contributed by atoms with Gasteiger partial charge >= 0.3 is 5.91 Å². The summed E-state index contributed by atoms with van der Waals surface area (Å²) in [6.07, 6.45) is 2.97. The molecule has 0 radical (unpaired) electrons. The Morgan fingerprint density at radius 3 is 2.59 bits per heavy atom. The van der Waals surface area contributed by atoms with Gasteiger partial charge in [-0.1, -0.05) is 23.5 Å². The summed E-state index contributed by atoms with van der Waals surface area (Å²) in [5.74, 6) is -1.87. The number of rotatable bonds is 4. The molecule has 0 saturated carbocycles. The number of thiazole rings is 1. The van der Waals surface area contributed by atoms with Crippen LogP contribution in [0.5, 0.6) is 11.5 Å². The van der Waals surface area contributed by atoms with Crippen molar-refractivity contribution in [3.05, 3.63) is 83.2 Å². The number of amides is 1. The standard InChI is InChI=1S/C25H19N3O5S/c1-13-3-5-16-19(11-13)34-25(27-16)28-21(15-4-6-17(29)18(12-15)33-2)20(23(31)24(28)32)22(30)14-7-9-26-10-8-14/h3-12,21,29-30H,1-2H3/b22-20+. The summed E-state index contributed by atoms with van der Waals surface area (Å²) >= 11 is 1.28.